The molecule has 0 aromatic heterocycles. The molecule has 2 saturated carbocycles. The van der Waals surface area contributed by atoms with Gasteiger partial charge in [-0.1, -0.05) is 18.2 Å². The van der Waals surface area contributed by atoms with Gasteiger partial charge in [0.1, 0.15) is 0 Å². The van der Waals surface area contributed by atoms with Crippen molar-refractivity contribution in [3.8, 4) is 0 Å². The van der Waals surface area contributed by atoms with Crippen LogP contribution in [0.15, 0.2) is 30.3 Å². The molecule has 2 amide bonds. The summed E-state index contributed by atoms with van der Waals surface area (Å²) >= 11 is 0. The van der Waals surface area contributed by atoms with Crippen molar-refractivity contribution in [2.24, 2.45) is 17.8 Å². The van der Waals surface area contributed by atoms with Crippen LogP contribution in [0.2, 0.25) is 0 Å². The summed E-state index contributed by atoms with van der Waals surface area (Å²) in [5, 5.41) is 13.2. The summed E-state index contributed by atoms with van der Waals surface area (Å²) in [4.78, 5) is 14.2. The van der Waals surface area contributed by atoms with Crippen LogP contribution >= 0.6 is 0 Å². The molecular formula is C15H18N2O2. The van der Waals surface area contributed by atoms with Crippen LogP contribution in [0, 0.1) is 17.8 Å². The van der Waals surface area contributed by atoms with Crippen LogP contribution in [0.1, 0.15) is 12.8 Å². The van der Waals surface area contributed by atoms with E-state index in [0.717, 1.165) is 25.1 Å². The van der Waals surface area contributed by atoms with Gasteiger partial charge in [-0.25, -0.2) is 4.79 Å². The van der Waals surface area contributed by atoms with E-state index in [1.54, 1.807) is 0 Å². The van der Waals surface area contributed by atoms with E-state index in [0.29, 0.717) is 17.8 Å². The van der Waals surface area contributed by atoms with Gasteiger partial charge in [0.25, 0.3) is 0 Å². The zero-order chi connectivity index (χ0) is 13.0. The molecule has 1 aliphatic heterocycles. The van der Waals surface area contributed by atoms with Crippen LogP contribution in [0.5, 0.6) is 0 Å². The zero-order valence-corrected chi connectivity index (χ0v) is 10.7. The van der Waals surface area contributed by atoms with Crippen molar-refractivity contribution in [2.45, 2.75) is 25.0 Å². The van der Waals surface area contributed by atoms with Gasteiger partial charge >= 0.3 is 6.03 Å². The number of aliphatic hydroxyl groups excluding tert-OH is 1. The predicted octanol–water partition coefficient (Wildman–Crippen LogP) is 1.92. The Labute approximate surface area is 112 Å². The van der Waals surface area contributed by atoms with E-state index in [1.807, 2.05) is 35.2 Å². The maximum Gasteiger partial charge on any atom is 0.322 e. The second-order valence-corrected chi connectivity index (χ2v) is 6.09. The van der Waals surface area contributed by atoms with Gasteiger partial charge in [-0.15, -0.1) is 0 Å². The number of para-hydroxylation sites is 1. The van der Waals surface area contributed by atoms with E-state index >= 15 is 0 Å². The third-order valence-corrected chi connectivity index (χ3v) is 5.13. The number of carbonyl (C=O) groups is 1. The topological polar surface area (TPSA) is 52.6 Å². The average molecular weight is 258 g/mol. The van der Waals surface area contributed by atoms with Gasteiger partial charge in [0.05, 0.1) is 12.1 Å². The molecule has 3 fully saturated rings. The molecule has 2 N–H and O–H groups in total. The number of amides is 2. The number of anilines is 1. The first-order chi connectivity index (χ1) is 9.24. The normalized spacial score (nSPS) is 38.8. The number of nitrogens with zero attached hydrogens (tertiary/aromatic N) is 1. The Morgan fingerprint density at radius 3 is 2.74 bits per heavy atom. The number of hydrogen-bond acceptors (Lipinski definition) is 2. The number of rotatable bonds is 1. The van der Waals surface area contributed by atoms with E-state index in [2.05, 4.69) is 5.32 Å². The van der Waals surface area contributed by atoms with Gasteiger partial charge in [0.15, 0.2) is 0 Å². The summed E-state index contributed by atoms with van der Waals surface area (Å²) in [7, 11) is 0. The van der Waals surface area contributed by atoms with Gasteiger partial charge in [0.2, 0.25) is 0 Å². The van der Waals surface area contributed by atoms with E-state index in [9.17, 15) is 9.90 Å². The Morgan fingerprint density at radius 1 is 1.21 bits per heavy atom. The number of nitrogens with one attached hydrogen (secondary N) is 1. The first-order valence-electron chi connectivity index (χ1n) is 7.05. The lowest BCUT2D eigenvalue weighted by atomic mass is 9.88. The SMILES string of the molecule is O=C(Nc1ccccc1)N1CC2CC3CC2C1C3O. The van der Waals surface area contributed by atoms with Crippen molar-refractivity contribution in [1.82, 2.24) is 4.90 Å². The molecule has 1 heterocycles. The molecule has 4 rings (SSSR count). The highest BCUT2D eigenvalue weighted by atomic mass is 16.3. The lowest BCUT2D eigenvalue weighted by molar-refractivity contribution is 0.0631. The second kappa shape index (κ2) is 3.97. The highest BCUT2D eigenvalue weighted by molar-refractivity contribution is 5.89. The van der Waals surface area contributed by atoms with Gasteiger partial charge in [-0.05, 0) is 42.7 Å². The molecular weight excluding hydrogens is 240 g/mol. The molecule has 1 aromatic carbocycles. The molecule has 5 atom stereocenters. The summed E-state index contributed by atoms with van der Waals surface area (Å²) in [6.45, 7) is 0.807. The number of benzene rings is 1. The summed E-state index contributed by atoms with van der Waals surface area (Å²) in [6, 6.07) is 9.50. The minimum Gasteiger partial charge on any atom is -0.391 e. The monoisotopic (exact) mass is 258 g/mol. The van der Waals surface area contributed by atoms with Crippen LogP contribution in [-0.4, -0.2) is 34.7 Å². The molecule has 5 unspecified atom stereocenters. The summed E-state index contributed by atoms with van der Waals surface area (Å²) < 4.78 is 0. The Hall–Kier alpha value is -1.55. The van der Waals surface area contributed by atoms with Crippen LogP contribution in [0.3, 0.4) is 0 Å². The van der Waals surface area contributed by atoms with Gasteiger partial charge < -0.3 is 15.3 Å². The first-order valence-corrected chi connectivity index (χ1v) is 7.05. The molecule has 2 bridgehead atoms. The lowest BCUT2D eigenvalue weighted by Crippen LogP contribution is -2.45. The maximum absolute atomic E-state index is 12.4. The Bertz CT molecular complexity index is 502. The van der Waals surface area contributed by atoms with Crippen LogP contribution in [0.25, 0.3) is 0 Å². The number of likely N-dealkylation sites (tertiary alicyclic amines) is 1. The summed E-state index contributed by atoms with van der Waals surface area (Å²) in [5.74, 6) is 1.57. The van der Waals surface area contributed by atoms with Crippen molar-refractivity contribution in [2.75, 3.05) is 11.9 Å². The fourth-order valence-corrected chi connectivity index (χ4v) is 4.37. The molecule has 4 heteroatoms. The molecule has 1 saturated heterocycles. The zero-order valence-electron chi connectivity index (χ0n) is 10.7. The molecule has 2 aliphatic carbocycles. The van der Waals surface area contributed by atoms with Gasteiger partial charge in [-0.3, -0.25) is 0 Å². The standard InChI is InChI=1S/C15H18N2O2/c18-14-9-6-10-8-17(13(14)12(10)7-9)15(19)16-11-4-2-1-3-5-11/h1-5,9-10,12-14,18H,6-8H2,(H,16,19). The largest absolute Gasteiger partial charge is 0.391 e. The van der Waals surface area contributed by atoms with E-state index in [1.165, 1.54) is 0 Å². The Morgan fingerprint density at radius 2 is 2.00 bits per heavy atom. The third kappa shape index (κ3) is 1.59. The molecule has 1 aromatic rings. The lowest BCUT2D eigenvalue weighted by Gasteiger charge is -2.28. The molecule has 0 radical (unpaired) electrons. The van der Waals surface area contributed by atoms with Crippen LogP contribution in [-0.2, 0) is 0 Å². The van der Waals surface area contributed by atoms with Crippen LogP contribution in [0.4, 0.5) is 10.5 Å². The predicted molar refractivity (Wildman–Crippen MR) is 71.7 cm³/mol. The minimum atomic E-state index is -0.315. The van der Waals surface area contributed by atoms with Crippen molar-refractivity contribution < 1.29 is 9.90 Å². The highest BCUT2D eigenvalue weighted by Crippen LogP contribution is 2.54. The fraction of sp³-hybridized carbons (Fsp3) is 0.533. The first kappa shape index (κ1) is 11.3. The number of aliphatic hydroxyl groups is 1. The second-order valence-electron chi connectivity index (χ2n) is 6.09. The molecule has 3 aliphatic rings. The van der Waals surface area contributed by atoms with Crippen molar-refractivity contribution >= 4 is 11.7 Å². The van der Waals surface area contributed by atoms with Crippen LogP contribution < -0.4 is 5.32 Å². The fourth-order valence-electron chi connectivity index (χ4n) is 4.37. The minimum absolute atomic E-state index is 0.0486. The molecule has 0 spiro atoms. The Kier molecular flexibility index (Phi) is 2.36. The summed E-state index contributed by atoms with van der Waals surface area (Å²) in [5.41, 5.74) is 0.816. The van der Waals surface area contributed by atoms with E-state index < -0.39 is 0 Å². The summed E-state index contributed by atoms with van der Waals surface area (Å²) in [6.07, 6.45) is 1.88. The number of urea groups is 1. The van der Waals surface area contributed by atoms with E-state index in [4.69, 9.17) is 0 Å². The quantitative estimate of drug-likeness (QED) is 0.808. The number of hydrogen-bond donors (Lipinski definition) is 2. The van der Waals surface area contributed by atoms with Crippen molar-refractivity contribution in [3.05, 3.63) is 30.3 Å². The van der Waals surface area contributed by atoms with Gasteiger partial charge in [0, 0.05) is 12.2 Å². The van der Waals surface area contributed by atoms with Crippen molar-refractivity contribution in [1.29, 1.82) is 0 Å². The molecule has 4 nitrogen and oxygen atoms in total. The number of carbonyl (C=O) groups excluding carboxylic acids is 1. The van der Waals surface area contributed by atoms with E-state index in [-0.39, 0.29) is 18.2 Å². The smallest absolute Gasteiger partial charge is 0.322 e. The molecule has 19 heavy (non-hydrogen) atoms. The molecule has 100 valence electrons. The van der Waals surface area contributed by atoms with Gasteiger partial charge in [-0.2, -0.15) is 0 Å². The maximum atomic E-state index is 12.4. The third-order valence-electron chi connectivity index (χ3n) is 5.13. The highest BCUT2D eigenvalue weighted by Gasteiger charge is 2.59. The Balaban J connectivity index is 1.53. The average Bonchev–Trinajstić information content (AvgIpc) is 3.01. The number of fused-ring (bicyclic) bond motifs is 1. The van der Waals surface area contributed by atoms with Crippen molar-refractivity contribution in [3.63, 3.8) is 0 Å².